The smallest absolute Gasteiger partial charge is 0.308 e. The number of nitrogens with zero attached hydrogens (tertiary/aromatic N) is 3. The molecule has 3 heterocycles. The van der Waals surface area contributed by atoms with Crippen LogP contribution in [0.25, 0.3) is 10.8 Å². The molecular formula is C38H47ClN4O6. The number of amides is 1. The molecule has 1 aromatic heterocycles. The molecule has 0 bridgehead atoms. The van der Waals surface area contributed by atoms with Gasteiger partial charge in [-0.3, -0.25) is 29.2 Å². The van der Waals surface area contributed by atoms with Gasteiger partial charge in [0, 0.05) is 44.2 Å². The van der Waals surface area contributed by atoms with Crippen LogP contribution in [-0.4, -0.2) is 89.4 Å². The Morgan fingerprint density at radius 3 is 2.39 bits per heavy atom. The Labute approximate surface area is 293 Å². The second-order valence-electron chi connectivity index (χ2n) is 13.6. The summed E-state index contributed by atoms with van der Waals surface area (Å²) in [6, 6.07) is 14.8. The Kier molecular flexibility index (Phi) is 11.3. The Morgan fingerprint density at radius 1 is 0.980 bits per heavy atom. The highest BCUT2D eigenvalue weighted by Crippen LogP contribution is 2.38. The van der Waals surface area contributed by atoms with E-state index in [0.717, 1.165) is 42.3 Å². The molecule has 2 saturated heterocycles. The Balaban J connectivity index is 1.25. The van der Waals surface area contributed by atoms with E-state index in [2.05, 4.69) is 20.1 Å². The number of Topliss-reactive ketones (excluding diaryl/α,β-unsaturated/α-hetero) is 1. The van der Waals surface area contributed by atoms with Crippen LogP contribution in [0.1, 0.15) is 75.3 Å². The molecule has 10 nitrogen and oxygen atoms in total. The zero-order valence-electron chi connectivity index (χ0n) is 28.7. The molecule has 1 unspecified atom stereocenters. The maximum atomic E-state index is 14.9. The van der Waals surface area contributed by atoms with E-state index in [-0.39, 0.29) is 48.3 Å². The van der Waals surface area contributed by atoms with Crippen molar-refractivity contribution >= 4 is 45.7 Å². The van der Waals surface area contributed by atoms with Gasteiger partial charge in [-0.25, -0.2) is 0 Å². The van der Waals surface area contributed by atoms with Gasteiger partial charge in [-0.1, -0.05) is 41.9 Å². The lowest BCUT2D eigenvalue weighted by Gasteiger charge is -2.52. The predicted molar refractivity (Wildman–Crippen MR) is 188 cm³/mol. The number of hydrogen-bond acceptors (Lipinski definition) is 9. The summed E-state index contributed by atoms with van der Waals surface area (Å²) in [5, 5.41) is 4.90. The molecule has 1 N–H and O–H groups in total. The molecule has 1 aliphatic carbocycles. The van der Waals surface area contributed by atoms with Gasteiger partial charge in [-0.05, 0) is 88.4 Å². The quantitative estimate of drug-likeness (QED) is 0.234. The fourth-order valence-corrected chi connectivity index (χ4v) is 7.92. The van der Waals surface area contributed by atoms with E-state index in [9.17, 15) is 14.4 Å². The lowest BCUT2D eigenvalue weighted by atomic mass is 9.87. The molecule has 49 heavy (non-hydrogen) atoms. The van der Waals surface area contributed by atoms with E-state index in [1.165, 1.54) is 0 Å². The standard InChI is InChI=1S/C38H47ClN4O6/c1-4-47-37(46)29-12-14-30(15-13-29)49-38(42-19-7-8-20-42,43-23-25(2)48-26(3)24-43)34(44)22-27-11-16-33(32(39)21-27)41-36(45)35-31-10-6-5-9-28(31)17-18-40-35/h5-6,9-11,16-18,21,25-26,29-30H,4,7-8,12-15,19-20,22-24H2,1-3H3,(H,41,45)/t25-,26+,29-,30-,38?. The number of fused-ring (bicyclic) bond motifs is 1. The Bertz CT molecular complexity index is 1640. The minimum Gasteiger partial charge on any atom is -0.466 e. The van der Waals surface area contributed by atoms with Gasteiger partial charge in [0.05, 0.1) is 41.5 Å². The monoisotopic (exact) mass is 690 g/mol. The van der Waals surface area contributed by atoms with Crippen LogP contribution in [0.15, 0.2) is 54.7 Å². The summed E-state index contributed by atoms with van der Waals surface area (Å²) in [4.78, 5) is 49.4. The summed E-state index contributed by atoms with van der Waals surface area (Å²) in [5.41, 5.74) is 1.48. The number of aromatic nitrogens is 1. The first-order valence-corrected chi connectivity index (χ1v) is 18.0. The molecule has 2 aromatic carbocycles. The summed E-state index contributed by atoms with van der Waals surface area (Å²) in [6.45, 7) is 8.87. The van der Waals surface area contributed by atoms with Gasteiger partial charge in [-0.2, -0.15) is 0 Å². The minimum absolute atomic E-state index is 0.0592. The number of esters is 1. The number of ketones is 1. The van der Waals surface area contributed by atoms with E-state index < -0.39 is 5.85 Å². The first-order valence-electron chi connectivity index (χ1n) is 17.6. The first-order chi connectivity index (χ1) is 23.7. The third kappa shape index (κ3) is 7.84. The topological polar surface area (TPSA) is 110 Å². The SMILES string of the molecule is CCOC(=O)[C@H]1CC[C@H](OC(C(=O)Cc2ccc(NC(=O)c3nccc4ccccc34)c(Cl)c2)(N2CCCC2)N2C[C@@H](C)O[C@@H](C)C2)CC1. The number of nitrogens with one attached hydrogen (secondary N) is 1. The number of likely N-dealkylation sites (tertiary alicyclic amines) is 1. The van der Waals surface area contributed by atoms with E-state index in [1.807, 2.05) is 57.2 Å². The largest absolute Gasteiger partial charge is 0.466 e. The molecule has 1 amide bonds. The van der Waals surface area contributed by atoms with E-state index in [0.29, 0.717) is 61.8 Å². The zero-order chi connectivity index (χ0) is 34.5. The number of carbonyl (C=O) groups is 3. The molecule has 1 saturated carbocycles. The van der Waals surface area contributed by atoms with Crippen molar-refractivity contribution in [2.75, 3.05) is 38.1 Å². The normalized spacial score (nSPS) is 24.7. The molecule has 2 aliphatic heterocycles. The van der Waals surface area contributed by atoms with Crippen LogP contribution in [0.2, 0.25) is 5.02 Å². The Morgan fingerprint density at radius 2 is 1.69 bits per heavy atom. The van der Waals surface area contributed by atoms with Crippen molar-refractivity contribution in [3.63, 3.8) is 0 Å². The van der Waals surface area contributed by atoms with Gasteiger partial charge in [-0.15, -0.1) is 0 Å². The van der Waals surface area contributed by atoms with Crippen LogP contribution in [0, 0.1) is 5.92 Å². The average Bonchev–Trinajstić information content (AvgIpc) is 3.63. The van der Waals surface area contributed by atoms with Crippen LogP contribution in [0.3, 0.4) is 0 Å². The van der Waals surface area contributed by atoms with Crippen molar-refractivity contribution in [3.05, 3.63) is 71.0 Å². The van der Waals surface area contributed by atoms with Crippen LogP contribution in [0.5, 0.6) is 0 Å². The second-order valence-corrected chi connectivity index (χ2v) is 14.0. The van der Waals surface area contributed by atoms with Crippen LogP contribution >= 0.6 is 11.6 Å². The number of carbonyl (C=O) groups excluding carboxylic acids is 3. The molecular weight excluding hydrogens is 644 g/mol. The molecule has 3 fully saturated rings. The van der Waals surface area contributed by atoms with Gasteiger partial charge in [0.2, 0.25) is 5.85 Å². The van der Waals surface area contributed by atoms with Gasteiger partial charge < -0.3 is 19.5 Å². The fraction of sp³-hybridized carbons (Fsp3) is 0.526. The van der Waals surface area contributed by atoms with Crippen LogP contribution < -0.4 is 5.32 Å². The van der Waals surface area contributed by atoms with E-state index in [4.69, 9.17) is 25.8 Å². The van der Waals surface area contributed by atoms with Crippen molar-refractivity contribution in [3.8, 4) is 0 Å². The lowest BCUT2D eigenvalue weighted by molar-refractivity contribution is -0.274. The fourth-order valence-electron chi connectivity index (χ4n) is 7.67. The molecule has 6 rings (SSSR count). The highest BCUT2D eigenvalue weighted by molar-refractivity contribution is 6.34. The van der Waals surface area contributed by atoms with Gasteiger partial charge in [0.15, 0.2) is 5.78 Å². The maximum Gasteiger partial charge on any atom is 0.308 e. The summed E-state index contributed by atoms with van der Waals surface area (Å²) < 4.78 is 18.5. The number of ether oxygens (including phenoxy) is 3. The lowest BCUT2D eigenvalue weighted by Crippen LogP contribution is -2.71. The summed E-state index contributed by atoms with van der Waals surface area (Å²) in [5.74, 6) is -2.00. The van der Waals surface area contributed by atoms with Gasteiger partial charge >= 0.3 is 5.97 Å². The summed E-state index contributed by atoms with van der Waals surface area (Å²) in [6.07, 6.45) is 6.02. The number of rotatable bonds is 11. The number of hydrogen-bond donors (Lipinski definition) is 1. The predicted octanol–water partition coefficient (Wildman–Crippen LogP) is 6.25. The van der Waals surface area contributed by atoms with Crippen molar-refractivity contribution in [2.45, 2.75) is 89.9 Å². The van der Waals surface area contributed by atoms with Crippen molar-refractivity contribution in [2.24, 2.45) is 5.92 Å². The number of benzene rings is 2. The second kappa shape index (κ2) is 15.6. The Hall–Kier alpha value is -3.41. The highest BCUT2D eigenvalue weighted by Gasteiger charge is 2.54. The van der Waals surface area contributed by atoms with E-state index >= 15 is 0 Å². The third-order valence-electron chi connectivity index (χ3n) is 9.91. The number of pyridine rings is 1. The molecule has 0 spiro atoms. The molecule has 3 aliphatic rings. The molecule has 262 valence electrons. The first kappa shape index (κ1) is 35.4. The summed E-state index contributed by atoms with van der Waals surface area (Å²) >= 11 is 6.76. The van der Waals surface area contributed by atoms with Gasteiger partial charge in [0.1, 0.15) is 5.69 Å². The number of anilines is 1. The minimum atomic E-state index is -1.29. The number of halogens is 1. The van der Waals surface area contributed by atoms with Crippen molar-refractivity contribution in [1.82, 2.24) is 14.8 Å². The van der Waals surface area contributed by atoms with Crippen LogP contribution in [-0.2, 0) is 30.2 Å². The molecule has 3 aromatic rings. The van der Waals surface area contributed by atoms with Crippen molar-refractivity contribution < 1.29 is 28.6 Å². The summed E-state index contributed by atoms with van der Waals surface area (Å²) in [7, 11) is 0. The third-order valence-corrected chi connectivity index (χ3v) is 10.2. The number of morpholine rings is 1. The molecule has 11 heteroatoms. The highest BCUT2D eigenvalue weighted by atomic mass is 35.5. The maximum absolute atomic E-state index is 14.9. The van der Waals surface area contributed by atoms with Crippen molar-refractivity contribution in [1.29, 1.82) is 0 Å². The van der Waals surface area contributed by atoms with E-state index in [1.54, 1.807) is 18.3 Å². The van der Waals surface area contributed by atoms with Crippen LogP contribution in [0.4, 0.5) is 5.69 Å². The zero-order valence-corrected chi connectivity index (χ0v) is 29.4. The molecule has 0 radical (unpaired) electrons. The van der Waals surface area contributed by atoms with Gasteiger partial charge in [0.25, 0.3) is 5.91 Å². The molecule has 3 atom stereocenters. The average molecular weight is 691 g/mol.